The van der Waals surface area contributed by atoms with Crippen molar-refractivity contribution in [2.45, 2.75) is 57.4 Å². The Balaban J connectivity index is 2.70. The molecule has 0 radical (unpaired) electrons. The molecule has 84 valence electrons. The van der Waals surface area contributed by atoms with Crippen LogP contribution < -0.4 is 4.72 Å². The van der Waals surface area contributed by atoms with Crippen molar-refractivity contribution in [3.63, 3.8) is 0 Å². The van der Waals surface area contributed by atoms with E-state index in [9.17, 15) is 8.42 Å². The molecular weight excluding hydrogens is 202 g/mol. The molecule has 1 rings (SSSR count). The monoisotopic (exact) mass is 221 g/mol. The van der Waals surface area contributed by atoms with E-state index in [1.807, 2.05) is 6.92 Å². The molecule has 0 aliphatic heterocycles. The van der Waals surface area contributed by atoms with E-state index in [0.29, 0.717) is 0 Å². The highest BCUT2D eigenvalue weighted by atomic mass is 32.2. The van der Waals surface area contributed by atoms with Crippen LogP contribution in [-0.2, 0) is 10.3 Å². The van der Waals surface area contributed by atoms with Gasteiger partial charge in [0, 0.05) is 5.54 Å². The summed E-state index contributed by atoms with van der Waals surface area (Å²) in [5.74, 6) is 0. The number of nitrogens with one attached hydrogen (secondary N) is 1. The van der Waals surface area contributed by atoms with Crippen LogP contribution in [0.15, 0.2) is 0 Å². The van der Waals surface area contributed by atoms with Gasteiger partial charge in [0.15, 0.2) is 0 Å². The molecule has 1 fully saturated rings. The Morgan fingerprint density at radius 2 is 1.86 bits per heavy atom. The molecule has 0 unspecified atom stereocenters. The third kappa shape index (κ3) is 3.55. The van der Waals surface area contributed by atoms with Gasteiger partial charge in [-0.25, -0.2) is 0 Å². The fourth-order valence-electron chi connectivity index (χ4n) is 2.38. The van der Waals surface area contributed by atoms with E-state index < -0.39 is 10.3 Å². The van der Waals surface area contributed by atoms with E-state index in [4.69, 9.17) is 4.55 Å². The molecule has 0 amide bonds. The summed E-state index contributed by atoms with van der Waals surface area (Å²) in [6.45, 7) is 2.03. The van der Waals surface area contributed by atoms with Gasteiger partial charge in [-0.2, -0.15) is 13.1 Å². The lowest BCUT2D eigenvalue weighted by Gasteiger charge is -2.36. The van der Waals surface area contributed by atoms with Gasteiger partial charge in [-0.05, 0) is 19.3 Å². The highest BCUT2D eigenvalue weighted by Gasteiger charge is 2.34. The maximum absolute atomic E-state index is 10.8. The van der Waals surface area contributed by atoms with Crippen molar-refractivity contribution in [1.29, 1.82) is 0 Å². The van der Waals surface area contributed by atoms with Crippen LogP contribution in [0.5, 0.6) is 0 Å². The van der Waals surface area contributed by atoms with Crippen molar-refractivity contribution in [2.24, 2.45) is 0 Å². The number of rotatable bonds is 4. The smallest absolute Gasteiger partial charge is 0.273 e. The van der Waals surface area contributed by atoms with Crippen LogP contribution >= 0.6 is 0 Å². The molecule has 4 nitrogen and oxygen atoms in total. The largest absolute Gasteiger partial charge is 0.333 e. The Hall–Kier alpha value is -0.130. The molecule has 1 aliphatic rings. The first kappa shape index (κ1) is 11.9. The summed E-state index contributed by atoms with van der Waals surface area (Å²) in [4.78, 5) is 0. The molecule has 0 saturated heterocycles. The topological polar surface area (TPSA) is 66.4 Å². The summed E-state index contributed by atoms with van der Waals surface area (Å²) in [6.07, 6.45) is 6.69. The highest BCUT2D eigenvalue weighted by molar-refractivity contribution is 7.83. The quantitative estimate of drug-likeness (QED) is 0.712. The lowest BCUT2D eigenvalue weighted by atomic mass is 9.79. The predicted molar refractivity (Wildman–Crippen MR) is 55.4 cm³/mol. The maximum Gasteiger partial charge on any atom is 0.333 e. The predicted octanol–water partition coefficient (Wildman–Crippen LogP) is 1.88. The fourth-order valence-corrected chi connectivity index (χ4v) is 3.24. The minimum Gasteiger partial charge on any atom is -0.273 e. The lowest BCUT2D eigenvalue weighted by Crippen LogP contribution is -2.49. The molecule has 0 bridgehead atoms. The first-order chi connectivity index (χ1) is 6.47. The van der Waals surface area contributed by atoms with Gasteiger partial charge in [-0.3, -0.25) is 4.55 Å². The maximum atomic E-state index is 10.8. The number of hydrogen-bond donors (Lipinski definition) is 2. The van der Waals surface area contributed by atoms with Gasteiger partial charge in [0.05, 0.1) is 0 Å². The van der Waals surface area contributed by atoms with Gasteiger partial charge in [-0.1, -0.05) is 32.6 Å². The molecular formula is C9H19NO3S. The molecule has 1 saturated carbocycles. The van der Waals surface area contributed by atoms with Crippen LogP contribution in [-0.4, -0.2) is 18.5 Å². The van der Waals surface area contributed by atoms with Gasteiger partial charge < -0.3 is 0 Å². The van der Waals surface area contributed by atoms with E-state index in [1.54, 1.807) is 0 Å². The van der Waals surface area contributed by atoms with E-state index >= 15 is 0 Å². The van der Waals surface area contributed by atoms with Crippen LogP contribution in [0.4, 0.5) is 0 Å². The van der Waals surface area contributed by atoms with Crippen LogP contribution in [0.25, 0.3) is 0 Å². The summed E-state index contributed by atoms with van der Waals surface area (Å²) < 4.78 is 32.9. The van der Waals surface area contributed by atoms with Gasteiger partial charge in [0.1, 0.15) is 0 Å². The van der Waals surface area contributed by atoms with Crippen molar-refractivity contribution < 1.29 is 13.0 Å². The average Bonchev–Trinajstić information content (AvgIpc) is 2.02. The van der Waals surface area contributed by atoms with Gasteiger partial charge >= 0.3 is 10.3 Å². The zero-order valence-electron chi connectivity index (χ0n) is 8.62. The Morgan fingerprint density at radius 1 is 1.29 bits per heavy atom. The van der Waals surface area contributed by atoms with Crippen molar-refractivity contribution >= 4 is 10.3 Å². The molecule has 0 aromatic heterocycles. The average molecular weight is 221 g/mol. The Morgan fingerprint density at radius 3 is 2.29 bits per heavy atom. The summed E-state index contributed by atoms with van der Waals surface area (Å²) >= 11 is 0. The number of hydrogen-bond acceptors (Lipinski definition) is 2. The Bertz CT molecular complexity index is 262. The van der Waals surface area contributed by atoms with E-state index in [1.165, 1.54) is 6.42 Å². The van der Waals surface area contributed by atoms with Crippen molar-refractivity contribution in [2.75, 3.05) is 0 Å². The van der Waals surface area contributed by atoms with Crippen LogP contribution in [0, 0.1) is 0 Å². The first-order valence-electron chi connectivity index (χ1n) is 5.24. The van der Waals surface area contributed by atoms with Crippen LogP contribution in [0.1, 0.15) is 51.9 Å². The minimum atomic E-state index is -4.05. The second-order valence-corrected chi connectivity index (χ2v) is 5.32. The molecule has 14 heavy (non-hydrogen) atoms. The first-order valence-corrected chi connectivity index (χ1v) is 6.68. The standard InChI is InChI=1S/C9H19NO3S/c1-2-6-9(10-14(11,12)13)7-4-3-5-8-9/h10H,2-8H2,1H3,(H,11,12,13). The lowest BCUT2D eigenvalue weighted by molar-refractivity contribution is 0.242. The zero-order valence-corrected chi connectivity index (χ0v) is 9.44. The van der Waals surface area contributed by atoms with Crippen molar-refractivity contribution in [3.05, 3.63) is 0 Å². The van der Waals surface area contributed by atoms with Crippen LogP contribution in [0.3, 0.4) is 0 Å². The Kier molecular flexibility index (Phi) is 3.92. The van der Waals surface area contributed by atoms with Gasteiger partial charge in [-0.15, -0.1) is 0 Å². The summed E-state index contributed by atoms with van der Waals surface area (Å²) in [5.41, 5.74) is -0.374. The third-order valence-electron chi connectivity index (χ3n) is 2.88. The second kappa shape index (κ2) is 4.59. The Labute approximate surface area is 86.0 Å². The van der Waals surface area contributed by atoms with E-state index in [2.05, 4.69) is 4.72 Å². The van der Waals surface area contributed by atoms with E-state index in [-0.39, 0.29) is 5.54 Å². The van der Waals surface area contributed by atoms with Crippen molar-refractivity contribution in [1.82, 2.24) is 4.72 Å². The molecule has 0 aromatic rings. The second-order valence-electron chi connectivity index (χ2n) is 4.17. The van der Waals surface area contributed by atoms with Crippen LogP contribution in [0.2, 0.25) is 0 Å². The minimum absolute atomic E-state index is 0.374. The SMILES string of the molecule is CCCC1(NS(=O)(=O)O)CCCCC1. The summed E-state index contributed by atoms with van der Waals surface area (Å²) in [5, 5.41) is 0. The molecule has 1 aliphatic carbocycles. The normalized spacial score (nSPS) is 22.1. The fraction of sp³-hybridized carbons (Fsp3) is 1.00. The molecule has 0 atom stereocenters. The zero-order chi connectivity index (χ0) is 10.7. The molecule has 5 heteroatoms. The summed E-state index contributed by atoms with van der Waals surface area (Å²) in [6, 6.07) is 0. The van der Waals surface area contributed by atoms with Gasteiger partial charge in [0.2, 0.25) is 0 Å². The molecule has 2 N–H and O–H groups in total. The molecule has 0 heterocycles. The summed E-state index contributed by atoms with van der Waals surface area (Å²) in [7, 11) is -4.05. The van der Waals surface area contributed by atoms with Crippen molar-refractivity contribution in [3.8, 4) is 0 Å². The van der Waals surface area contributed by atoms with E-state index in [0.717, 1.165) is 38.5 Å². The molecule has 0 aromatic carbocycles. The van der Waals surface area contributed by atoms with Gasteiger partial charge in [0.25, 0.3) is 0 Å². The third-order valence-corrected chi connectivity index (χ3v) is 3.58. The molecule has 0 spiro atoms. The highest BCUT2D eigenvalue weighted by Crippen LogP contribution is 2.32.